The van der Waals surface area contributed by atoms with Gasteiger partial charge in [-0.1, -0.05) is 36.4 Å². The van der Waals surface area contributed by atoms with E-state index in [2.05, 4.69) is 5.32 Å². The standard InChI is InChI=1S/C30H20F9NO2/c1-42-26-15-19(8-10-25(26)33)28(16-17-5-3-2-4-6-17,20-12-21(29(34,35)36)14-22(31)13-20)40-27(41)18-7-9-24(32)23(11-18)30(37,38)39/h2-15H,16H2,1H3,(H,40,41). The van der Waals surface area contributed by atoms with Gasteiger partial charge in [0.15, 0.2) is 11.6 Å². The summed E-state index contributed by atoms with van der Waals surface area (Å²) in [4.78, 5) is 13.6. The summed E-state index contributed by atoms with van der Waals surface area (Å²) in [6.45, 7) is 0. The van der Waals surface area contributed by atoms with E-state index in [1.54, 1.807) is 30.3 Å². The molecule has 4 aromatic rings. The molecule has 1 atom stereocenters. The summed E-state index contributed by atoms with van der Waals surface area (Å²) in [6, 6.07) is 13.9. The molecule has 4 rings (SSSR count). The molecule has 42 heavy (non-hydrogen) atoms. The maximum atomic E-state index is 14.8. The van der Waals surface area contributed by atoms with Crippen LogP contribution in [0.25, 0.3) is 0 Å². The van der Waals surface area contributed by atoms with Gasteiger partial charge in [-0.3, -0.25) is 4.79 Å². The first-order valence-electron chi connectivity index (χ1n) is 12.1. The minimum absolute atomic E-state index is 0.0881. The van der Waals surface area contributed by atoms with E-state index in [-0.39, 0.29) is 29.9 Å². The van der Waals surface area contributed by atoms with Crippen molar-refractivity contribution < 1.29 is 49.0 Å². The highest BCUT2D eigenvalue weighted by Gasteiger charge is 2.41. The van der Waals surface area contributed by atoms with Crippen molar-refractivity contribution in [3.05, 3.63) is 136 Å². The summed E-state index contributed by atoms with van der Waals surface area (Å²) in [6.07, 6.45) is -10.6. The van der Waals surface area contributed by atoms with E-state index in [1.165, 1.54) is 0 Å². The number of methoxy groups -OCH3 is 1. The summed E-state index contributed by atoms with van der Waals surface area (Å²) in [5.74, 6) is -5.50. The van der Waals surface area contributed by atoms with E-state index >= 15 is 0 Å². The number of benzene rings is 4. The van der Waals surface area contributed by atoms with Crippen molar-refractivity contribution >= 4 is 5.91 Å². The first-order valence-corrected chi connectivity index (χ1v) is 12.1. The zero-order valence-corrected chi connectivity index (χ0v) is 21.5. The van der Waals surface area contributed by atoms with E-state index < -0.39 is 63.5 Å². The SMILES string of the molecule is COc1cc(C(Cc2ccccc2)(NC(=O)c2ccc(F)c(C(F)(F)F)c2)c2cc(F)cc(C(F)(F)F)c2)ccc1F. The Morgan fingerprint density at radius 3 is 1.98 bits per heavy atom. The second-order valence-corrected chi connectivity index (χ2v) is 9.29. The van der Waals surface area contributed by atoms with Crippen molar-refractivity contribution in [1.82, 2.24) is 5.32 Å². The van der Waals surface area contributed by atoms with Crippen LogP contribution in [0.4, 0.5) is 39.5 Å². The molecule has 220 valence electrons. The number of halogens is 9. The Kier molecular flexibility index (Phi) is 8.29. The summed E-state index contributed by atoms with van der Waals surface area (Å²) < 4.78 is 130. The van der Waals surface area contributed by atoms with Gasteiger partial charge in [0.25, 0.3) is 5.91 Å². The number of rotatable bonds is 7. The summed E-state index contributed by atoms with van der Waals surface area (Å²) in [5, 5.41) is 2.46. The fraction of sp³-hybridized carbons (Fsp3) is 0.167. The molecule has 0 aliphatic rings. The molecule has 1 amide bonds. The fourth-order valence-electron chi connectivity index (χ4n) is 4.54. The Hall–Kier alpha value is -4.48. The molecule has 0 aliphatic heterocycles. The van der Waals surface area contributed by atoms with Crippen LogP contribution in [0, 0.1) is 17.5 Å². The smallest absolute Gasteiger partial charge is 0.419 e. The van der Waals surface area contributed by atoms with Crippen LogP contribution >= 0.6 is 0 Å². The molecule has 4 aromatic carbocycles. The number of nitrogens with one attached hydrogen (secondary N) is 1. The fourth-order valence-corrected chi connectivity index (χ4v) is 4.54. The molecule has 0 radical (unpaired) electrons. The van der Waals surface area contributed by atoms with Gasteiger partial charge in [0.1, 0.15) is 11.6 Å². The lowest BCUT2D eigenvalue weighted by Gasteiger charge is -2.37. The first-order chi connectivity index (χ1) is 19.6. The van der Waals surface area contributed by atoms with Crippen molar-refractivity contribution in [3.63, 3.8) is 0 Å². The van der Waals surface area contributed by atoms with Crippen LogP contribution in [0.2, 0.25) is 0 Å². The second kappa shape index (κ2) is 11.4. The third kappa shape index (κ3) is 6.37. The molecule has 0 aromatic heterocycles. The summed E-state index contributed by atoms with van der Waals surface area (Å²) in [7, 11) is 1.11. The lowest BCUT2D eigenvalue weighted by atomic mass is 9.77. The molecular weight excluding hydrogens is 577 g/mol. The van der Waals surface area contributed by atoms with Crippen LogP contribution in [0.5, 0.6) is 5.75 Å². The Morgan fingerprint density at radius 2 is 1.36 bits per heavy atom. The Balaban J connectivity index is 2.02. The second-order valence-electron chi connectivity index (χ2n) is 9.29. The average molecular weight is 597 g/mol. The molecule has 0 saturated heterocycles. The van der Waals surface area contributed by atoms with Gasteiger partial charge in [-0.2, -0.15) is 26.3 Å². The predicted octanol–water partition coefficient (Wildman–Crippen LogP) is 8.07. The predicted molar refractivity (Wildman–Crippen MR) is 134 cm³/mol. The summed E-state index contributed by atoms with van der Waals surface area (Å²) in [5.41, 5.74) is -6.16. The Morgan fingerprint density at radius 1 is 0.714 bits per heavy atom. The van der Waals surface area contributed by atoms with Gasteiger partial charge in [0.2, 0.25) is 0 Å². The molecule has 0 saturated carbocycles. The molecule has 1 unspecified atom stereocenters. The monoisotopic (exact) mass is 597 g/mol. The minimum Gasteiger partial charge on any atom is -0.494 e. The van der Waals surface area contributed by atoms with Gasteiger partial charge in [0, 0.05) is 12.0 Å². The van der Waals surface area contributed by atoms with Gasteiger partial charge in [-0.05, 0) is 65.2 Å². The van der Waals surface area contributed by atoms with E-state index in [9.17, 15) is 44.3 Å². The third-order valence-electron chi connectivity index (χ3n) is 6.53. The van der Waals surface area contributed by atoms with E-state index in [0.29, 0.717) is 17.7 Å². The maximum Gasteiger partial charge on any atom is 0.419 e. The molecule has 1 N–H and O–H groups in total. The number of ether oxygens (including phenoxy) is 1. The number of carbonyl (C=O) groups is 1. The molecule has 0 aliphatic carbocycles. The van der Waals surface area contributed by atoms with E-state index in [4.69, 9.17) is 4.74 Å². The van der Waals surface area contributed by atoms with Gasteiger partial charge >= 0.3 is 12.4 Å². The quantitative estimate of drug-likeness (QED) is 0.219. The number of alkyl halides is 6. The number of carbonyl (C=O) groups excluding carboxylic acids is 1. The first kappa shape index (κ1) is 30.5. The summed E-state index contributed by atoms with van der Waals surface area (Å²) >= 11 is 0. The van der Waals surface area contributed by atoms with Crippen molar-refractivity contribution in [3.8, 4) is 5.75 Å². The van der Waals surface area contributed by atoms with Crippen LogP contribution in [-0.4, -0.2) is 13.0 Å². The highest BCUT2D eigenvalue weighted by atomic mass is 19.4. The largest absolute Gasteiger partial charge is 0.494 e. The molecule has 3 nitrogen and oxygen atoms in total. The van der Waals surface area contributed by atoms with E-state index in [0.717, 1.165) is 37.4 Å². The topological polar surface area (TPSA) is 38.3 Å². The van der Waals surface area contributed by atoms with Crippen molar-refractivity contribution in [2.24, 2.45) is 0 Å². The van der Waals surface area contributed by atoms with Crippen LogP contribution in [0.3, 0.4) is 0 Å². The van der Waals surface area contributed by atoms with Gasteiger partial charge in [-0.25, -0.2) is 13.2 Å². The lowest BCUT2D eigenvalue weighted by molar-refractivity contribution is -0.140. The molecule has 0 spiro atoms. The zero-order valence-electron chi connectivity index (χ0n) is 21.5. The van der Waals surface area contributed by atoms with E-state index in [1.807, 2.05) is 0 Å². The van der Waals surface area contributed by atoms with Gasteiger partial charge < -0.3 is 10.1 Å². The highest BCUT2D eigenvalue weighted by molar-refractivity contribution is 5.95. The maximum absolute atomic E-state index is 14.8. The van der Waals surface area contributed by atoms with Gasteiger partial charge in [0.05, 0.1) is 23.8 Å². The minimum atomic E-state index is -5.17. The molecule has 0 heterocycles. The lowest BCUT2D eigenvalue weighted by Crippen LogP contribution is -2.49. The number of amides is 1. The molecular formula is C30H20F9NO2. The van der Waals surface area contributed by atoms with Crippen LogP contribution in [0.15, 0.2) is 84.9 Å². The zero-order chi connectivity index (χ0) is 30.9. The normalized spacial score (nSPS) is 13.4. The number of hydrogen-bond donors (Lipinski definition) is 1. The third-order valence-corrected chi connectivity index (χ3v) is 6.53. The molecule has 12 heteroatoms. The Bertz CT molecular complexity index is 1600. The van der Waals surface area contributed by atoms with Crippen molar-refractivity contribution in [2.75, 3.05) is 7.11 Å². The molecule has 0 fully saturated rings. The van der Waals surface area contributed by atoms with Crippen LogP contribution < -0.4 is 10.1 Å². The number of hydrogen-bond acceptors (Lipinski definition) is 2. The van der Waals surface area contributed by atoms with Crippen LogP contribution in [0.1, 0.15) is 38.2 Å². The molecule has 0 bridgehead atoms. The highest BCUT2D eigenvalue weighted by Crippen LogP contribution is 2.40. The van der Waals surface area contributed by atoms with Crippen LogP contribution in [-0.2, 0) is 24.3 Å². The van der Waals surface area contributed by atoms with Crippen molar-refractivity contribution in [2.45, 2.75) is 24.3 Å². The average Bonchev–Trinajstić information content (AvgIpc) is 2.92. The van der Waals surface area contributed by atoms with Crippen molar-refractivity contribution in [1.29, 1.82) is 0 Å². The Labute approximate surface area is 233 Å². The van der Waals surface area contributed by atoms with Gasteiger partial charge in [-0.15, -0.1) is 0 Å².